The van der Waals surface area contributed by atoms with E-state index in [9.17, 15) is 0 Å². The van der Waals surface area contributed by atoms with Gasteiger partial charge in [-0.2, -0.15) is 11.1 Å². The van der Waals surface area contributed by atoms with Crippen molar-refractivity contribution in [1.82, 2.24) is 0 Å². The molecule has 0 heterocycles. The number of aryl methyl sites for hydroxylation is 2. The Kier molecular flexibility index (Phi) is 3.27. The normalized spacial score (nSPS) is 11.6. The molecule has 0 aliphatic rings. The molecular formula is C11H17ClOSi. The second-order valence-electron chi connectivity index (χ2n) is 4.14. The lowest BCUT2D eigenvalue weighted by molar-refractivity contribution is 0.415. The molecule has 0 spiro atoms. The molecule has 0 radical (unpaired) electrons. The summed E-state index contributed by atoms with van der Waals surface area (Å²) in [6.07, 6.45) is 0. The molecule has 3 heteroatoms. The zero-order chi connectivity index (χ0) is 10.9. The van der Waals surface area contributed by atoms with E-state index in [1.807, 2.05) is 0 Å². The zero-order valence-electron chi connectivity index (χ0n) is 9.44. The number of benzene rings is 1. The van der Waals surface area contributed by atoms with E-state index in [0.29, 0.717) is 0 Å². The van der Waals surface area contributed by atoms with Crippen molar-refractivity contribution in [3.05, 3.63) is 23.3 Å². The quantitative estimate of drug-likeness (QED) is 0.559. The SMILES string of the molecule is COc1c(C)cc(C)cc1[Si](C)(C)Cl. The second-order valence-corrected chi connectivity index (χ2v) is 10.5. The summed E-state index contributed by atoms with van der Waals surface area (Å²) in [6.45, 7) is 8.38. The van der Waals surface area contributed by atoms with Gasteiger partial charge < -0.3 is 4.74 Å². The minimum absolute atomic E-state index is 0.960. The van der Waals surface area contributed by atoms with Crippen molar-refractivity contribution >= 4 is 23.6 Å². The zero-order valence-corrected chi connectivity index (χ0v) is 11.2. The van der Waals surface area contributed by atoms with Gasteiger partial charge in [0.1, 0.15) is 5.75 Å². The first-order valence-corrected chi connectivity index (χ1v) is 8.72. The van der Waals surface area contributed by atoms with Crippen LogP contribution in [0.25, 0.3) is 0 Å². The van der Waals surface area contributed by atoms with E-state index in [-0.39, 0.29) is 0 Å². The Labute approximate surface area is 91.8 Å². The lowest BCUT2D eigenvalue weighted by Gasteiger charge is -2.20. The van der Waals surface area contributed by atoms with Gasteiger partial charge in [0.15, 0.2) is 7.38 Å². The van der Waals surface area contributed by atoms with Gasteiger partial charge in [-0.05, 0) is 24.6 Å². The fraction of sp³-hybridized carbons (Fsp3) is 0.455. The van der Waals surface area contributed by atoms with Crippen molar-refractivity contribution in [2.45, 2.75) is 26.9 Å². The van der Waals surface area contributed by atoms with Crippen molar-refractivity contribution in [3.8, 4) is 5.75 Å². The van der Waals surface area contributed by atoms with Gasteiger partial charge in [-0.1, -0.05) is 30.8 Å². The van der Waals surface area contributed by atoms with E-state index in [1.54, 1.807) is 7.11 Å². The van der Waals surface area contributed by atoms with Crippen LogP contribution in [0.1, 0.15) is 11.1 Å². The molecule has 1 nitrogen and oxygen atoms in total. The lowest BCUT2D eigenvalue weighted by Crippen LogP contribution is -2.36. The predicted molar refractivity (Wildman–Crippen MR) is 65.4 cm³/mol. The standard InChI is InChI=1S/C11H17ClOSi/c1-8-6-9(2)11(13-3)10(7-8)14(4,5)12/h6-7H,1-5H3. The lowest BCUT2D eigenvalue weighted by atomic mass is 10.1. The maximum Gasteiger partial charge on any atom is 0.185 e. The number of halogens is 1. The molecule has 0 fully saturated rings. The fourth-order valence-electron chi connectivity index (χ4n) is 1.67. The van der Waals surface area contributed by atoms with E-state index < -0.39 is 7.38 Å². The first-order chi connectivity index (χ1) is 6.36. The smallest absolute Gasteiger partial charge is 0.185 e. The fourth-order valence-corrected chi connectivity index (χ4v) is 3.50. The number of rotatable bonds is 2. The second kappa shape index (κ2) is 3.95. The van der Waals surface area contributed by atoms with Gasteiger partial charge in [0.05, 0.1) is 7.11 Å². The Bertz CT molecular complexity index is 342. The van der Waals surface area contributed by atoms with Crippen molar-refractivity contribution in [2.75, 3.05) is 7.11 Å². The molecule has 0 unspecified atom stereocenters. The number of hydrogen-bond donors (Lipinski definition) is 0. The van der Waals surface area contributed by atoms with Crippen LogP contribution in [0.3, 0.4) is 0 Å². The highest BCUT2D eigenvalue weighted by Gasteiger charge is 2.25. The van der Waals surface area contributed by atoms with Crippen LogP contribution in [0.15, 0.2) is 12.1 Å². The van der Waals surface area contributed by atoms with Crippen LogP contribution in [0.5, 0.6) is 5.75 Å². The summed E-state index contributed by atoms with van der Waals surface area (Å²) in [5, 5.41) is 1.19. The average Bonchev–Trinajstić information content (AvgIpc) is 2.01. The monoisotopic (exact) mass is 228 g/mol. The van der Waals surface area contributed by atoms with Gasteiger partial charge in [-0.25, -0.2) is 0 Å². The van der Waals surface area contributed by atoms with Crippen LogP contribution in [0, 0.1) is 13.8 Å². The molecule has 0 saturated carbocycles. The third kappa shape index (κ3) is 2.31. The molecule has 0 aliphatic heterocycles. The van der Waals surface area contributed by atoms with Gasteiger partial charge in [0.25, 0.3) is 0 Å². The number of methoxy groups -OCH3 is 1. The molecule has 1 rings (SSSR count). The predicted octanol–water partition coefficient (Wildman–Crippen LogP) is 2.96. The third-order valence-corrected chi connectivity index (χ3v) is 4.53. The van der Waals surface area contributed by atoms with Crippen molar-refractivity contribution in [1.29, 1.82) is 0 Å². The summed E-state index contributed by atoms with van der Waals surface area (Å²) >= 11 is 6.45. The topological polar surface area (TPSA) is 9.23 Å². The molecule has 78 valence electrons. The Hall–Kier alpha value is -0.473. The van der Waals surface area contributed by atoms with E-state index in [1.165, 1.54) is 16.3 Å². The molecule has 0 bridgehead atoms. The van der Waals surface area contributed by atoms with E-state index in [0.717, 1.165) is 5.75 Å². The Morgan fingerprint density at radius 3 is 2.21 bits per heavy atom. The maximum absolute atomic E-state index is 6.45. The summed E-state index contributed by atoms with van der Waals surface area (Å²) < 4.78 is 5.41. The highest BCUT2D eigenvalue weighted by Crippen LogP contribution is 2.22. The van der Waals surface area contributed by atoms with Crippen LogP contribution in [-0.2, 0) is 0 Å². The summed E-state index contributed by atoms with van der Waals surface area (Å²) in [7, 11) is -0.108. The first-order valence-electron chi connectivity index (χ1n) is 4.71. The highest BCUT2D eigenvalue weighted by atomic mass is 35.6. The molecule has 0 amide bonds. The molecule has 1 aromatic rings. The maximum atomic E-state index is 6.45. The number of ether oxygens (including phenoxy) is 1. The molecule has 14 heavy (non-hydrogen) atoms. The van der Waals surface area contributed by atoms with Crippen LogP contribution in [0.2, 0.25) is 13.1 Å². The van der Waals surface area contributed by atoms with Crippen molar-refractivity contribution in [2.24, 2.45) is 0 Å². The van der Waals surface area contributed by atoms with Gasteiger partial charge >= 0.3 is 0 Å². The number of hydrogen-bond acceptors (Lipinski definition) is 1. The molecule has 0 aromatic heterocycles. The Morgan fingerprint density at radius 2 is 1.79 bits per heavy atom. The van der Waals surface area contributed by atoms with E-state index in [4.69, 9.17) is 15.8 Å². The summed E-state index contributed by atoms with van der Waals surface area (Å²) in [6, 6.07) is 4.27. The molecule has 0 atom stereocenters. The van der Waals surface area contributed by atoms with Crippen molar-refractivity contribution < 1.29 is 4.74 Å². The minimum atomic E-state index is -1.81. The Morgan fingerprint density at radius 1 is 1.21 bits per heavy atom. The summed E-state index contributed by atoms with van der Waals surface area (Å²) in [5.41, 5.74) is 2.42. The summed E-state index contributed by atoms with van der Waals surface area (Å²) in [5.74, 6) is 0.960. The van der Waals surface area contributed by atoms with Gasteiger partial charge in [0.2, 0.25) is 0 Å². The van der Waals surface area contributed by atoms with Crippen molar-refractivity contribution in [3.63, 3.8) is 0 Å². The summed E-state index contributed by atoms with van der Waals surface area (Å²) in [4.78, 5) is 0. The molecule has 0 aliphatic carbocycles. The molecular weight excluding hydrogens is 212 g/mol. The van der Waals surface area contributed by atoms with Crippen LogP contribution >= 0.6 is 11.1 Å². The van der Waals surface area contributed by atoms with Gasteiger partial charge in [-0.3, -0.25) is 0 Å². The van der Waals surface area contributed by atoms with Gasteiger partial charge in [0, 0.05) is 0 Å². The van der Waals surface area contributed by atoms with Crippen LogP contribution < -0.4 is 9.92 Å². The largest absolute Gasteiger partial charge is 0.497 e. The van der Waals surface area contributed by atoms with Gasteiger partial charge in [-0.15, -0.1) is 0 Å². The van der Waals surface area contributed by atoms with Crippen LogP contribution in [-0.4, -0.2) is 14.5 Å². The highest BCUT2D eigenvalue weighted by molar-refractivity contribution is 7.26. The molecule has 0 N–H and O–H groups in total. The van der Waals surface area contributed by atoms with Crippen LogP contribution in [0.4, 0.5) is 0 Å². The third-order valence-electron chi connectivity index (χ3n) is 2.26. The molecule has 1 aromatic carbocycles. The Balaban J connectivity index is 3.40. The van der Waals surface area contributed by atoms with E-state index >= 15 is 0 Å². The first kappa shape index (κ1) is 11.6. The average molecular weight is 229 g/mol. The minimum Gasteiger partial charge on any atom is -0.497 e. The molecule has 0 saturated heterocycles. The van der Waals surface area contributed by atoms with E-state index in [2.05, 4.69) is 39.1 Å².